The normalized spacial score (nSPS) is 12.6. The Kier molecular flexibility index (Phi) is 8.53. The number of carbonyl (C=O) groups excluding carboxylic acids is 1. The van der Waals surface area contributed by atoms with Gasteiger partial charge in [-0.1, -0.05) is 35.9 Å². The molecule has 44 heavy (non-hydrogen) atoms. The van der Waals surface area contributed by atoms with Crippen LogP contribution in [0.4, 0.5) is 30.5 Å². The summed E-state index contributed by atoms with van der Waals surface area (Å²) in [6, 6.07) is 21.5. The first-order valence-electron chi connectivity index (χ1n) is 13.1. The molecule has 2 aromatic heterocycles. The van der Waals surface area contributed by atoms with Gasteiger partial charge in [0.2, 0.25) is 11.9 Å². The van der Waals surface area contributed by atoms with Crippen molar-refractivity contribution in [2.45, 2.75) is 23.9 Å². The highest BCUT2D eigenvalue weighted by molar-refractivity contribution is 7.90. The van der Waals surface area contributed by atoms with E-state index in [-0.39, 0.29) is 28.2 Å². The number of carbonyl (C=O) groups is 1. The van der Waals surface area contributed by atoms with Crippen LogP contribution in [0.1, 0.15) is 18.4 Å². The first kappa shape index (κ1) is 30.8. The van der Waals surface area contributed by atoms with Crippen molar-refractivity contribution >= 4 is 50.3 Å². The molecule has 0 saturated carbocycles. The lowest BCUT2D eigenvalue weighted by atomic mass is 10.0. The molecule has 0 aliphatic carbocycles. The number of aromatic nitrogens is 3. The van der Waals surface area contributed by atoms with Gasteiger partial charge in [-0.25, -0.2) is 12.9 Å². The lowest BCUT2D eigenvalue weighted by Crippen LogP contribution is -2.19. The number of ether oxygens (including phenoxy) is 1. The molecular weight excluding hydrogens is 619 g/mol. The summed E-state index contributed by atoms with van der Waals surface area (Å²) in [4.78, 5) is 16.9. The van der Waals surface area contributed by atoms with Crippen LogP contribution >= 0.6 is 11.6 Å². The zero-order chi connectivity index (χ0) is 31.6. The van der Waals surface area contributed by atoms with Gasteiger partial charge in [0.1, 0.15) is 5.75 Å². The van der Waals surface area contributed by atoms with Crippen LogP contribution in [0.3, 0.4) is 0 Å². The number of hydrogen-bond donors (Lipinski definition) is 2. The number of pyridine rings is 1. The van der Waals surface area contributed by atoms with Crippen molar-refractivity contribution in [3.8, 4) is 16.9 Å². The van der Waals surface area contributed by atoms with Crippen molar-refractivity contribution in [1.82, 2.24) is 14.6 Å². The maximum Gasteiger partial charge on any atom is 0.422 e. The SMILES string of the molecule is C[C@@H](C(=O)Nc1ccc(-c2ccc3nc(Nc4ccc(S(C)(=O)=O)cc4OCC(F)(F)F)nn3c2)cc1)c1cccc(Cl)c1. The zero-order valence-corrected chi connectivity index (χ0v) is 24.8. The highest BCUT2D eigenvalue weighted by atomic mass is 35.5. The monoisotopic (exact) mass is 643 g/mol. The van der Waals surface area contributed by atoms with Gasteiger partial charge >= 0.3 is 6.18 Å². The van der Waals surface area contributed by atoms with E-state index < -0.39 is 28.5 Å². The van der Waals surface area contributed by atoms with Gasteiger partial charge in [0.25, 0.3) is 0 Å². The Hall–Kier alpha value is -4.62. The van der Waals surface area contributed by atoms with Crippen molar-refractivity contribution in [3.63, 3.8) is 0 Å². The van der Waals surface area contributed by atoms with E-state index in [0.717, 1.165) is 29.0 Å². The number of fused-ring (bicyclic) bond motifs is 1. The highest BCUT2D eigenvalue weighted by Gasteiger charge is 2.29. The van der Waals surface area contributed by atoms with Gasteiger partial charge in [0, 0.05) is 34.8 Å². The zero-order valence-electron chi connectivity index (χ0n) is 23.3. The first-order chi connectivity index (χ1) is 20.7. The van der Waals surface area contributed by atoms with E-state index >= 15 is 0 Å². The number of rotatable bonds is 9. The van der Waals surface area contributed by atoms with Crippen LogP contribution in [-0.2, 0) is 14.6 Å². The number of hydrogen-bond acceptors (Lipinski definition) is 7. The van der Waals surface area contributed by atoms with Gasteiger partial charge in [-0.05, 0) is 66.6 Å². The summed E-state index contributed by atoms with van der Waals surface area (Å²) < 4.78 is 68.7. The molecule has 5 aromatic rings. The van der Waals surface area contributed by atoms with E-state index in [0.29, 0.717) is 16.4 Å². The third kappa shape index (κ3) is 7.47. The Labute approximate surface area is 255 Å². The number of halogens is 4. The van der Waals surface area contributed by atoms with E-state index in [1.165, 1.54) is 16.6 Å². The summed E-state index contributed by atoms with van der Waals surface area (Å²) in [5.74, 6) is -0.852. The average molecular weight is 644 g/mol. The molecule has 9 nitrogen and oxygen atoms in total. The lowest BCUT2D eigenvalue weighted by molar-refractivity contribution is -0.153. The minimum absolute atomic E-state index is 0.0537. The Morgan fingerprint density at radius 2 is 1.75 bits per heavy atom. The van der Waals surface area contributed by atoms with Crippen molar-refractivity contribution in [3.05, 3.63) is 95.6 Å². The predicted octanol–water partition coefficient (Wildman–Crippen LogP) is 6.88. The number of sulfone groups is 1. The summed E-state index contributed by atoms with van der Waals surface area (Å²) in [6.07, 6.45) is -1.97. The van der Waals surface area contributed by atoms with Crippen LogP contribution < -0.4 is 15.4 Å². The van der Waals surface area contributed by atoms with Crippen molar-refractivity contribution in [2.75, 3.05) is 23.5 Å². The quantitative estimate of drug-likeness (QED) is 0.180. The first-order valence-corrected chi connectivity index (χ1v) is 15.4. The number of amides is 1. The Balaban J connectivity index is 1.32. The molecule has 1 atom stereocenters. The van der Waals surface area contributed by atoms with Gasteiger partial charge in [-0.2, -0.15) is 18.2 Å². The molecule has 228 valence electrons. The van der Waals surface area contributed by atoms with Gasteiger partial charge in [0.05, 0.1) is 16.5 Å². The molecule has 0 saturated heterocycles. The smallest absolute Gasteiger partial charge is 0.422 e. The minimum Gasteiger partial charge on any atom is -0.482 e. The molecular formula is C30H25ClF3N5O4S. The summed E-state index contributed by atoms with van der Waals surface area (Å²) in [5.41, 5.74) is 3.53. The fraction of sp³-hybridized carbons (Fsp3) is 0.167. The van der Waals surface area contributed by atoms with Crippen LogP contribution in [0.5, 0.6) is 5.75 Å². The van der Waals surface area contributed by atoms with E-state index in [1.54, 1.807) is 49.5 Å². The van der Waals surface area contributed by atoms with E-state index in [9.17, 15) is 26.4 Å². The highest BCUT2D eigenvalue weighted by Crippen LogP contribution is 2.32. The molecule has 0 aliphatic heterocycles. The predicted molar refractivity (Wildman–Crippen MR) is 161 cm³/mol. The molecule has 0 radical (unpaired) electrons. The molecule has 1 amide bonds. The summed E-state index contributed by atoms with van der Waals surface area (Å²) in [5, 5.41) is 10.6. The van der Waals surface area contributed by atoms with Gasteiger partial charge < -0.3 is 15.4 Å². The van der Waals surface area contributed by atoms with Crippen LogP contribution in [0.25, 0.3) is 16.8 Å². The van der Waals surface area contributed by atoms with Gasteiger partial charge in [-0.15, -0.1) is 5.10 Å². The maximum atomic E-state index is 12.8. The summed E-state index contributed by atoms with van der Waals surface area (Å²) in [6.45, 7) is 0.188. The number of nitrogens with one attached hydrogen (secondary N) is 2. The number of alkyl halides is 3. The van der Waals surface area contributed by atoms with E-state index in [4.69, 9.17) is 16.3 Å². The van der Waals surface area contributed by atoms with Gasteiger partial charge in [0.15, 0.2) is 22.1 Å². The maximum absolute atomic E-state index is 12.8. The Morgan fingerprint density at radius 3 is 2.43 bits per heavy atom. The largest absolute Gasteiger partial charge is 0.482 e. The number of nitrogens with zero attached hydrogens (tertiary/aromatic N) is 3. The molecule has 0 fully saturated rings. The van der Waals surface area contributed by atoms with Crippen molar-refractivity contribution in [1.29, 1.82) is 0 Å². The molecule has 5 rings (SSSR count). The second kappa shape index (κ2) is 12.2. The van der Waals surface area contributed by atoms with E-state index in [2.05, 4.69) is 20.7 Å². The molecule has 2 N–H and O–H groups in total. The van der Waals surface area contributed by atoms with Crippen LogP contribution in [0, 0.1) is 0 Å². The fourth-order valence-electron chi connectivity index (χ4n) is 4.27. The minimum atomic E-state index is -4.63. The van der Waals surface area contributed by atoms with Gasteiger partial charge in [-0.3, -0.25) is 4.79 Å². The molecule has 0 bridgehead atoms. The third-order valence-corrected chi connectivity index (χ3v) is 7.92. The van der Waals surface area contributed by atoms with Crippen LogP contribution in [0.15, 0.2) is 90.0 Å². The molecule has 0 unspecified atom stereocenters. The second-order valence-corrected chi connectivity index (χ2v) is 12.4. The van der Waals surface area contributed by atoms with Crippen LogP contribution in [-0.4, -0.2) is 48.0 Å². The molecule has 0 spiro atoms. The Morgan fingerprint density at radius 1 is 1.02 bits per heavy atom. The second-order valence-electron chi connectivity index (χ2n) is 9.96. The average Bonchev–Trinajstić information content (AvgIpc) is 3.37. The third-order valence-electron chi connectivity index (χ3n) is 6.58. The van der Waals surface area contributed by atoms with E-state index in [1.807, 2.05) is 24.3 Å². The molecule has 3 aromatic carbocycles. The number of anilines is 3. The standard InChI is InChI=1S/C30H25ClF3N5O4S/c1-18(20-4-3-5-22(31)14-20)28(40)35-23-9-6-19(7-10-23)21-8-13-27-37-29(38-39(27)16-21)36-25-12-11-24(44(2,41)42)15-26(25)43-17-30(32,33)34/h3-16,18H,17H2,1-2H3,(H,35,40)(H,36,38)/t18-/m1/s1. The Bertz CT molecular complexity index is 1950. The van der Waals surface area contributed by atoms with Crippen LogP contribution in [0.2, 0.25) is 5.02 Å². The lowest BCUT2D eigenvalue weighted by Gasteiger charge is -2.14. The topological polar surface area (TPSA) is 115 Å². The molecule has 2 heterocycles. The van der Waals surface area contributed by atoms with Crippen molar-refractivity contribution < 1.29 is 31.1 Å². The van der Waals surface area contributed by atoms with Crippen molar-refractivity contribution in [2.24, 2.45) is 0 Å². The summed E-state index contributed by atoms with van der Waals surface area (Å²) >= 11 is 6.05. The number of benzene rings is 3. The summed E-state index contributed by atoms with van der Waals surface area (Å²) in [7, 11) is -3.70. The molecule has 14 heteroatoms. The molecule has 0 aliphatic rings. The fourth-order valence-corrected chi connectivity index (χ4v) is 5.10.